The molecule has 0 saturated heterocycles. The fraction of sp³-hybridized carbons (Fsp3) is 0.188. The van der Waals surface area contributed by atoms with Gasteiger partial charge in [0.1, 0.15) is 5.75 Å². The molecule has 0 fully saturated rings. The van der Waals surface area contributed by atoms with Crippen molar-refractivity contribution in [3.8, 4) is 5.75 Å². The number of thioether (sulfide) groups is 1. The molecule has 20 heavy (non-hydrogen) atoms. The fourth-order valence-electron chi connectivity index (χ4n) is 2.34. The van der Waals surface area contributed by atoms with Crippen molar-refractivity contribution in [2.45, 2.75) is 11.3 Å². The number of ether oxygens (including phenoxy) is 1. The number of carbonyl (C=O) groups is 1. The summed E-state index contributed by atoms with van der Waals surface area (Å²) in [5.74, 6) is 0.754. The minimum atomic E-state index is 0.0112. The molecule has 0 amide bonds. The molecule has 0 N–H and O–H groups in total. The van der Waals surface area contributed by atoms with Crippen molar-refractivity contribution in [2.75, 3.05) is 12.9 Å². The van der Waals surface area contributed by atoms with Crippen LogP contribution in [-0.2, 0) is 6.42 Å². The molecule has 2 aromatic rings. The first-order chi connectivity index (χ1) is 9.69. The summed E-state index contributed by atoms with van der Waals surface area (Å²) in [6.07, 6.45) is 2.88. The van der Waals surface area contributed by atoms with Crippen LogP contribution in [0.5, 0.6) is 5.75 Å². The number of ketones is 1. The van der Waals surface area contributed by atoms with Gasteiger partial charge >= 0.3 is 0 Å². The third kappa shape index (κ3) is 2.50. The quantitative estimate of drug-likeness (QED) is 0.609. The molecule has 0 radical (unpaired) electrons. The first-order valence-corrected chi connectivity index (χ1v) is 8.35. The topological polar surface area (TPSA) is 26.3 Å². The van der Waals surface area contributed by atoms with E-state index in [1.807, 2.05) is 42.7 Å². The number of halogens is 1. The molecule has 102 valence electrons. The van der Waals surface area contributed by atoms with E-state index in [9.17, 15) is 4.79 Å². The van der Waals surface area contributed by atoms with Gasteiger partial charge in [-0.15, -0.1) is 11.8 Å². The van der Waals surface area contributed by atoms with Gasteiger partial charge in [-0.25, -0.2) is 0 Å². The predicted octanol–water partition coefficient (Wildman–Crippen LogP) is 4.34. The lowest BCUT2D eigenvalue weighted by atomic mass is 10.00. The van der Waals surface area contributed by atoms with E-state index in [1.165, 1.54) is 0 Å². The summed E-state index contributed by atoms with van der Waals surface area (Å²) in [4.78, 5) is 13.8. The Kier molecular flexibility index (Phi) is 3.85. The van der Waals surface area contributed by atoms with Crippen molar-refractivity contribution in [3.63, 3.8) is 0 Å². The molecule has 4 heteroatoms. The molecule has 0 atom stereocenters. The molecule has 0 aliphatic carbocycles. The second-order valence-electron chi connectivity index (χ2n) is 4.60. The summed E-state index contributed by atoms with van der Waals surface area (Å²) in [5.41, 5.74) is 2.44. The van der Waals surface area contributed by atoms with Crippen LogP contribution in [0.4, 0.5) is 0 Å². The summed E-state index contributed by atoms with van der Waals surface area (Å²) in [6.45, 7) is 0.650. The van der Waals surface area contributed by atoms with E-state index in [0.29, 0.717) is 17.7 Å². The zero-order valence-corrected chi connectivity index (χ0v) is 13.4. The SMILES string of the molecule is CSc1ccc(C(=O)c2cc(Br)cc3c2OCC3)cc1. The van der Waals surface area contributed by atoms with Gasteiger partial charge in [0.05, 0.1) is 12.2 Å². The zero-order chi connectivity index (χ0) is 14.1. The highest BCUT2D eigenvalue weighted by molar-refractivity contribution is 9.10. The molecule has 2 aromatic carbocycles. The second-order valence-corrected chi connectivity index (χ2v) is 6.39. The molecule has 0 spiro atoms. The Morgan fingerprint density at radius 1 is 1.25 bits per heavy atom. The number of hydrogen-bond acceptors (Lipinski definition) is 3. The molecular formula is C16H13BrO2S. The van der Waals surface area contributed by atoms with Crippen LogP contribution in [0.3, 0.4) is 0 Å². The molecular weight excluding hydrogens is 336 g/mol. The minimum Gasteiger partial charge on any atom is -0.492 e. The molecule has 3 rings (SSSR count). The Morgan fingerprint density at radius 2 is 2.00 bits per heavy atom. The van der Waals surface area contributed by atoms with Gasteiger partial charge in [-0.3, -0.25) is 4.79 Å². The van der Waals surface area contributed by atoms with Crippen LogP contribution in [0.15, 0.2) is 45.8 Å². The maximum atomic E-state index is 12.7. The number of benzene rings is 2. The van der Waals surface area contributed by atoms with Crippen molar-refractivity contribution >= 4 is 33.5 Å². The lowest BCUT2D eigenvalue weighted by Gasteiger charge is -2.08. The number of carbonyl (C=O) groups excluding carboxylic acids is 1. The largest absolute Gasteiger partial charge is 0.492 e. The third-order valence-electron chi connectivity index (χ3n) is 3.35. The molecule has 0 saturated carbocycles. The Labute approximate surface area is 130 Å². The van der Waals surface area contributed by atoms with Crippen molar-refractivity contribution in [1.29, 1.82) is 0 Å². The van der Waals surface area contributed by atoms with Crippen molar-refractivity contribution in [2.24, 2.45) is 0 Å². The van der Waals surface area contributed by atoms with Gasteiger partial charge in [0, 0.05) is 21.4 Å². The predicted molar refractivity (Wildman–Crippen MR) is 85.0 cm³/mol. The van der Waals surface area contributed by atoms with E-state index in [1.54, 1.807) is 11.8 Å². The molecule has 0 unspecified atom stereocenters. The standard InChI is InChI=1S/C16H13BrO2S/c1-20-13-4-2-10(3-5-13)15(18)14-9-12(17)8-11-6-7-19-16(11)14/h2-5,8-9H,6-7H2,1H3. The van der Waals surface area contributed by atoms with Crippen molar-refractivity contribution in [3.05, 3.63) is 57.6 Å². The number of hydrogen-bond donors (Lipinski definition) is 0. The monoisotopic (exact) mass is 348 g/mol. The summed E-state index contributed by atoms with van der Waals surface area (Å²) >= 11 is 5.13. The minimum absolute atomic E-state index is 0.0112. The molecule has 1 aliphatic rings. The maximum Gasteiger partial charge on any atom is 0.196 e. The lowest BCUT2D eigenvalue weighted by Crippen LogP contribution is -2.04. The Balaban J connectivity index is 2.02. The second kappa shape index (κ2) is 5.62. The lowest BCUT2D eigenvalue weighted by molar-refractivity contribution is 0.103. The van der Waals surface area contributed by atoms with Crippen LogP contribution in [0.25, 0.3) is 0 Å². The van der Waals surface area contributed by atoms with E-state index in [0.717, 1.165) is 27.1 Å². The Morgan fingerprint density at radius 3 is 2.70 bits per heavy atom. The molecule has 0 bridgehead atoms. The van der Waals surface area contributed by atoms with Gasteiger partial charge in [-0.2, -0.15) is 0 Å². The highest BCUT2D eigenvalue weighted by Crippen LogP contribution is 2.34. The molecule has 2 nitrogen and oxygen atoms in total. The molecule has 0 aromatic heterocycles. The van der Waals surface area contributed by atoms with Crippen LogP contribution < -0.4 is 4.74 Å². The Bertz CT molecular complexity index is 665. The van der Waals surface area contributed by atoms with Gasteiger partial charge in [0.2, 0.25) is 0 Å². The van der Waals surface area contributed by atoms with Gasteiger partial charge in [-0.05, 0) is 48.2 Å². The smallest absolute Gasteiger partial charge is 0.196 e. The van der Waals surface area contributed by atoms with E-state index in [4.69, 9.17) is 4.74 Å². The first kappa shape index (κ1) is 13.7. The van der Waals surface area contributed by atoms with Gasteiger partial charge < -0.3 is 4.74 Å². The third-order valence-corrected chi connectivity index (χ3v) is 4.55. The van der Waals surface area contributed by atoms with Gasteiger partial charge in [0.25, 0.3) is 0 Å². The summed E-state index contributed by atoms with van der Waals surface area (Å²) < 4.78 is 6.55. The van der Waals surface area contributed by atoms with Crippen LogP contribution in [0, 0.1) is 0 Å². The van der Waals surface area contributed by atoms with Crippen molar-refractivity contribution in [1.82, 2.24) is 0 Å². The highest BCUT2D eigenvalue weighted by Gasteiger charge is 2.22. The fourth-order valence-corrected chi connectivity index (χ4v) is 3.25. The molecule has 1 heterocycles. The highest BCUT2D eigenvalue weighted by atomic mass is 79.9. The first-order valence-electron chi connectivity index (χ1n) is 6.33. The molecule has 1 aliphatic heterocycles. The van der Waals surface area contributed by atoms with Gasteiger partial charge in [-0.1, -0.05) is 15.9 Å². The number of rotatable bonds is 3. The van der Waals surface area contributed by atoms with Crippen LogP contribution in [0.2, 0.25) is 0 Å². The van der Waals surface area contributed by atoms with E-state index in [2.05, 4.69) is 15.9 Å². The van der Waals surface area contributed by atoms with Crippen LogP contribution >= 0.6 is 27.7 Å². The normalized spacial score (nSPS) is 12.9. The summed E-state index contributed by atoms with van der Waals surface area (Å²) in [5, 5.41) is 0. The van der Waals surface area contributed by atoms with Crippen LogP contribution in [0.1, 0.15) is 21.5 Å². The Hall–Kier alpha value is -1.26. The number of fused-ring (bicyclic) bond motifs is 1. The van der Waals surface area contributed by atoms with Crippen LogP contribution in [-0.4, -0.2) is 18.6 Å². The van der Waals surface area contributed by atoms with E-state index < -0.39 is 0 Å². The van der Waals surface area contributed by atoms with E-state index >= 15 is 0 Å². The van der Waals surface area contributed by atoms with Crippen molar-refractivity contribution < 1.29 is 9.53 Å². The average Bonchev–Trinajstić information content (AvgIpc) is 2.94. The van der Waals surface area contributed by atoms with E-state index in [-0.39, 0.29) is 5.78 Å². The average molecular weight is 349 g/mol. The maximum absolute atomic E-state index is 12.7. The summed E-state index contributed by atoms with van der Waals surface area (Å²) in [7, 11) is 0. The zero-order valence-electron chi connectivity index (χ0n) is 11.0. The summed E-state index contributed by atoms with van der Waals surface area (Å²) in [6, 6.07) is 11.5. The van der Waals surface area contributed by atoms with Gasteiger partial charge in [0.15, 0.2) is 5.78 Å².